The summed E-state index contributed by atoms with van der Waals surface area (Å²) >= 11 is 0. The molecule has 3 nitrogen and oxygen atoms in total. The fourth-order valence-corrected chi connectivity index (χ4v) is 3.25. The Hall–Kier alpha value is -1.51. The zero-order chi connectivity index (χ0) is 12.6. The summed E-state index contributed by atoms with van der Waals surface area (Å²) in [7, 11) is 0. The van der Waals surface area contributed by atoms with Gasteiger partial charge in [-0.1, -0.05) is 30.3 Å². The highest BCUT2D eigenvalue weighted by Crippen LogP contribution is 2.35. The number of hydrogen-bond acceptors (Lipinski definition) is 1. The smallest absolute Gasteiger partial charge is 0.320 e. The van der Waals surface area contributed by atoms with Gasteiger partial charge in [-0.25, -0.2) is 4.79 Å². The Bertz CT molecular complexity index is 445. The normalized spacial score (nSPS) is 26.8. The lowest BCUT2D eigenvalue weighted by atomic mass is 10.0. The SMILES string of the molecule is CC12CCCN1C(=O)N(CCc1ccccc1)C2. The van der Waals surface area contributed by atoms with Gasteiger partial charge in [-0.2, -0.15) is 0 Å². The van der Waals surface area contributed by atoms with Gasteiger partial charge in [-0.3, -0.25) is 0 Å². The standard InChI is InChI=1S/C15H20N2O/c1-15-9-5-10-17(15)14(18)16(12-15)11-8-13-6-3-2-4-7-13/h2-4,6-7H,5,8-12H2,1H3. The zero-order valence-corrected chi connectivity index (χ0v) is 10.9. The van der Waals surface area contributed by atoms with E-state index in [2.05, 4.69) is 36.1 Å². The van der Waals surface area contributed by atoms with Crippen LogP contribution in [0.5, 0.6) is 0 Å². The van der Waals surface area contributed by atoms with Crippen LogP contribution in [0.1, 0.15) is 25.3 Å². The Labute approximate surface area is 108 Å². The Balaban J connectivity index is 1.63. The second-order valence-corrected chi connectivity index (χ2v) is 5.69. The number of fused-ring (bicyclic) bond motifs is 1. The van der Waals surface area contributed by atoms with Gasteiger partial charge in [-0.05, 0) is 31.7 Å². The molecule has 2 saturated heterocycles. The molecule has 0 spiro atoms. The van der Waals surface area contributed by atoms with Crippen molar-refractivity contribution in [3.05, 3.63) is 35.9 Å². The summed E-state index contributed by atoms with van der Waals surface area (Å²) in [4.78, 5) is 16.4. The average Bonchev–Trinajstić information content (AvgIpc) is 2.86. The number of rotatable bonds is 3. The van der Waals surface area contributed by atoms with E-state index in [4.69, 9.17) is 0 Å². The average molecular weight is 244 g/mol. The highest BCUT2D eigenvalue weighted by Gasteiger charge is 2.48. The first-order valence-electron chi connectivity index (χ1n) is 6.79. The summed E-state index contributed by atoms with van der Waals surface area (Å²) in [6, 6.07) is 10.6. The molecule has 1 unspecified atom stereocenters. The van der Waals surface area contributed by atoms with Crippen LogP contribution in [0.3, 0.4) is 0 Å². The van der Waals surface area contributed by atoms with Crippen LogP contribution >= 0.6 is 0 Å². The molecule has 18 heavy (non-hydrogen) atoms. The molecule has 3 heteroatoms. The molecule has 2 aliphatic heterocycles. The van der Waals surface area contributed by atoms with Crippen molar-refractivity contribution in [2.24, 2.45) is 0 Å². The van der Waals surface area contributed by atoms with Crippen molar-refractivity contribution in [2.45, 2.75) is 31.7 Å². The Kier molecular flexibility index (Phi) is 2.77. The third-order valence-electron chi connectivity index (χ3n) is 4.29. The third-order valence-corrected chi connectivity index (χ3v) is 4.29. The first-order valence-corrected chi connectivity index (χ1v) is 6.79. The van der Waals surface area contributed by atoms with Crippen molar-refractivity contribution >= 4 is 6.03 Å². The van der Waals surface area contributed by atoms with E-state index in [1.807, 2.05) is 11.0 Å². The summed E-state index contributed by atoms with van der Waals surface area (Å²) < 4.78 is 0. The summed E-state index contributed by atoms with van der Waals surface area (Å²) in [5.41, 5.74) is 1.41. The molecule has 2 heterocycles. The van der Waals surface area contributed by atoms with Crippen LogP contribution in [0.2, 0.25) is 0 Å². The summed E-state index contributed by atoms with van der Waals surface area (Å²) in [6.07, 6.45) is 3.27. The van der Waals surface area contributed by atoms with Gasteiger partial charge in [0, 0.05) is 19.6 Å². The molecule has 0 radical (unpaired) electrons. The molecule has 1 aromatic carbocycles. The van der Waals surface area contributed by atoms with Crippen LogP contribution in [0.4, 0.5) is 4.79 Å². The van der Waals surface area contributed by atoms with E-state index in [0.29, 0.717) is 0 Å². The zero-order valence-electron chi connectivity index (χ0n) is 10.9. The van der Waals surface area contributed by atoms with Crippen molar-refractivity contribution in [1.29, 1.82) is 0 Å². The molecule has 2 fully saturated rings. The molecule has 0 aromatic heterocycles. The van der Waals surface area contributed by atoms with E-state index in [9.17, 15) is 4.79 Å². The molecule has 1 aromatic rings. The van der Waals surface area contributed by atoms with Gasteiger partial charge in [0.25, 0.3) is 0 Å². The minimum Gasteiger partial charge on any atom is -0.322 e. The largest absolute Gasteiger partial charge is 0.322 e. The maximum atomic E-state index is 12.3. The van der Waals surface area contributed by atoms with Crippen LogP contribution in [0, 0.1) is 0 Å². The Morgan fingerprint density at radius 1 is 1.28 bits per heavy atom. The van der Waals surface area contributed by atoms with Gasteiger partial charge in [0.2, 0.25) is 0 Å². The molecule has 2 aliphatic rings. The van der Waals surface area contributed by atoms with Crippen LogP contribution in [0.15, 0.2) is 30.3 Å². The van der Waals surface area contributed by atoms with Crippen molar-refractivity contribution < 1.29 is 4.79 Å². The minimum absolute atomic E-state index is 0.105. The molecular formula is C15H20N2O. The second kappa shape index (κ2) is 4.30. The molecule has 0 aliphatic carbocycles. The first-order chi connectivity index (χ1) is 8.69. The third kappa shape index (κ3) is 1.88. The van der Waals surface area contributed by atoms with Crippen LogP contribution in [0.25, 0.3) is 0 Å². The Morgan fingerprint density at radius 3 is 2.78 bits per heavy atom. The molecule has 0 bridgehead atoms. The van der Waals surface area contributed by atoms with Gasteiger partial charge in [0.05, 0.1) is 5.54 Å². The number of hydrogen-bond donors (Lipinski definition) is 0. The predicted octanol–water partition coefficient (Wildman–Crippen LogP) is 2.52. The summed E-state index contributed by atoms with van der Waals surface area (Å²) in [6.45, 7) is 4.91. The molecular weight excluding hydrogens is 224 g/mol. The minimum atomic E-state index is 0.105. The molecule has 0 N–H and O–H groups in total. The van der Waals surface area contributed by atoms with Crippen LogP contribution in [-0.2, 0) is 6.42 Å². The maximum absolute atomic E-state index is 12.3. The first kappa shape index (κ1) is 11.6. The van der Waals surface area contributed by atoms with Crippen molar-refractivity contribution in [3.63, 3.8) is 0 Å². The summed E-state index contributed by atoms with van der Waals surface area (Å²) in [5, 5.41) is 0. The van der Waals surface area contributed by atoms with Crippen LogP contribution < -0.4 is 0 Å². The molecule has 2 amide bonds. The van der Waals surface area contributed by atoms with E-state index in [1.165, 1.54) is 5.56 Å². The molecule has 96 valence electrons. The number of amides is 2. The topological polar surface area (TPSA) is 23.6 Å². The van der Waals surface area contributed by atoms with Gasteiger partial charge in [-0.15, -0.1) is 0 Å². The lowest BCUT2D eigenvalue weighted by Crippen LogP contribution is -2.38. The lowest BCUT2D eigenvalue weighted by Gasteiger charge is -2.24. The Morgan fingerprint density at radius 2 is 2.06 bits per heavy atom. The number of benzene rings is 1. The molecule has 3 rings (SSSR count). The van der Waals surface area contributed by atoms with E-state index < -0.39 is 0 Å². The van der Waals surface area contributed by atoms with Gasteiger partial charge >= 0.3 is 6.03 Å². The fraction of sp³-hybridized carbons (Fsp3) is 0.533. The molecule has 0 saturated carbocycles. The van der Waals surface area contributed by atoms with Gasteiger partial charge in [0.15, 0.2) is 0 Å². The van der Waals surface area contributed by atoms with E-state index in [0.717, 1.165) is 38.9 Å². The van der Waals surface area contributed by atoms with Crippen molar-refractivity contribution in [3.8, 4) is 0 Å². The maximum Gasteiger partial charge on any atom is 0.320 e. The highest BCUT2D eigenvalue weighted by molar-refractivity contribution is 5.78. The van der Waals surface area contributed by atoms with Gasteiger partial charge < -0.3 is 9.80 Å². The van der Waals surface area contributed by atoms with Crippen molar-refractivity contribution in [2.75, 3.05) is 19.6 Å². The number of urea groups is 1. The van der Waals surface area contributed by atoms with E-state index >= 15 is 0 Å². The second-order valence-electron chi connectivity index (χ2n) is 5.69. The fourth-order valence-electron chi connectivity index (χ4n) is 3.25. The van der Waals surface area contributed by atoms with Gasteiger partial charge in [0.1, 0.15) is 0 Å². The highest BCUT2D eigenvalue weighted by atomic mass is 16.2. The monoisotopic (exact) mass is 244 g/mol. The van der Waals surface area contributed by atoms with Crippen LogP contribution in [-0.4, -0.2) is 41.0 Å². The molecule has 1 atom stereocenters. The summed E-state index contributed by atoms with van der Waals surface area (Å²) in [5.74, 6) is 0. The quantitative estimate of drug-likeness (QED) is 0.801. The number of carbonyl (C=O) groups excluding carboxylic acids is 1. The number of nitrogens with zero attached hydrogens (tertiary/aromatic N) is 2. The number of carbonyl (C=O) groups is 1. The van der Waals surface area contributed by atoms with Crippen molar-refractivity contribution in [1.82, 2.24) is 9.80 Å². The van der Waals surface area contributed by atoms with E-state index in [-0.39, 0.29) is 11.6 Å². The predicted molar refractivity (Wildman–Crippen MR) is 71.5 cm³/mol. The lowest BCUT2D eigenvalue weighted by molar-refractivity contribution is 0.186. The van der Waals surface area contributed by atoms with E-state index in [1.54, 1.807) is 0 Å².